The van der Waals surface area contributed by atoms with Crippen LogP contribution in [-0.4, -0.2) is 21.1 Å². The minimum atomic E-state index is 0.293. The fourth-order valence-electron chi connectivity index (χ4n) is 2.93. The maximum Gasteiger partial charge on any atom is 0.0773 e. The van der Waals surface area contributed by atoms with Crippen molar-refractivity contribution in [1.29, 1.82) is 0 Å². The van der Waals surface area contributed by atoms with Crippen molar-refractivity contribution in [2.75, 3.05) is 6.54 Å². The van der Waals surface area contributed by atoms with E-state index >= 15 is 0 Å². The molecule has 1 aliphatic rings. The number of nitrogens with zero attached hydrogens (tertiary/aromatic N) is 3. The molecule has 100 valence electrons. The summed E-state index contributed by atoms with van der Waals surface area (Å²) >= 11 is 1.51. The Hall–Kier alpha value is -1.33. The number of aromatic nitrogens is 3. The first kappa shape index (κ1) is 12.7. The molecule has 0 bridgehead atoms. The van der Waals surface area contributed by atoms with E-state index in [9.17, 15) is 0 Å². The van der Waals surface area contributed by atoms with Crippen LogP contribution in [0.15, 0.2) is 18.3 Å². The summed E-state index contributed by atoms with van der Waals surface area (Å²) in [5.41, 5.74) is 3.69. The zero-order chi connectivity index (χ0) is 13.2. The number of aryl methyl sites for hydroxylation is 2. The summed E-state index contributed by atoms with van der Waals surface area (Å²) < 4.78 is 4.08. The highest BCUT2D eigenvalue weighted by atomic mass is 32.1. The third kappa shape index (κ3) is 2.28. The second kappa shape index (κ2) is 5.35. The van der Waals surface area contributed by atoms with Crippen molar-refractivity contribution in [3.63, 3.8) is 0 Å². The van der Waals surface area contributed by atoms with Gasteiger partial charge in [-0.1, -0.05) is 17.5 Å². The lowest BCUT2D eigenvalue weighted by molar-refractivity contribution is 0.451. The van der Waals surface area contributed by atoms with Gasteiger partial charge in [0.05, 0.1) is 16.6 Å². The number of likely N-dealkylation sites (N-methyl/N-ethyl adjacent to an activating group) is 1. The molecule has 0 spiro atoms. The third-order valence-electron chi connectivity index (χ3n) is 3.80. The van der Waals surface area contributed by atoms with E-state index in [1.54, 1.807) is 0 Å². The molecule has 1 aliphatic carbocycles. The first-order valence-corrected chi connectivity index (χ1v) is 7.54. The molecule has 5 heteroatoms. The van der Waals surface area contributed by atoms with Crippen LogP contribution in [0.3, 0.4) is 0 Å². The van der Waals surface area contributed by atoms with Gasteiger partial charge in [-0.25, -0.2) is 0 Å². The van der Waals surface area contributed by atoms with Gasteiger partial charge in [0.25, 0.3) is 0 Å². The zero-order valence-electron chi connectivity index (χ0n) is 11.3. The normalized spacial score (nSPS) is 19.4. The topological polar surface area (TPSA) is 50.7 Å². The van der Waals surface area contributed by atoms with Gasteiger partial charge in [-0.2, -0.15) is 0 Å². The summed E-state index contributed by atoms with van der Waals surface area (Å²) in [7, 11) is 0. The molecule has 0 fully saturated rings. The average Bonchev–Trinajstić information content (AvgIpc) is 3.03. The maximum absolute atomic E-state index is 4.61. The number of rotatable bonds is 4. The zero-order valence-corrected chi connectivity index (χ0v) is 12.1. The van der Waals surface area contributed by atoms with Crippen LogP contribution in [0.4, 0.5) is 0 Å². The van der Waals surface area contributed by atoms with E-state index < -0.39 is 0 Å². The van der Waals surface area contributed by atoms with Gasteiger partial charge in [0.15, 0.2) is 0 Å². The van der Waals surface area contributed by atoms with E-state index in [4.69, 9.17) is 0 Å². The van der Waals surface area contributed by atoms with E-state index in [2.05, 4.69) is 32.9 Å². The highest BCUT2D eigenvalue weighted by Gasteiger charge is 2.33. The highest BCUT2D eigenvalue weighted by molar-refractivity contribution is 7.05. The van der Waals surface area contributed by atoms with Crippen LogP contribution in [0.1, 0.15) is 47.1 Å². The molecule has 0 aromatic carbocycles. The smallest absolute Gasteiger partial charge is 0.0773 e. The monoisotopic (exact) mass is 274 g/mol. The quantitative estimate of drug-likeness (QED) is 0.931. The second-order valence-corrected chi connectivity index (χ2v) is 5.74. The van der Waals surface area contributed by atoms with Crippen LogP contribution in [0.5, 0.6) is 0 Å². The summed E-state index contributed by atoms with van der Waals surface area (Å²) in [6, 6.07) is 4.52. The SMILES string of the molecule is CCNC(c1snnc1C)C1CCc2cccnc21. The predicted molar refractivity (Wildman–Crippen MR) is 76.4 cm³/mol. The summed E-state index contributed by atoms with van der Waals surface area (Å²) in [6.45, 7) is 5.13. The Kier molecular flexibility index (Phi) is 3.57. The van der Waals surface area contributed by atoms with Crippen LogP contribution >= 0.6 is 11.5 Å². The van der Waals surface area contributed by atoms with Crippen LogP contribution < -0.4 is 5.32 Å². The van der Waals surface area contributed by atoms with Crippen molar-refractivity contribution >= 4 is 11.5 Å². The van der Waals surface area contributed by atoms with Crippen LogP contribution in [0, 0.1) is 6.92 Å². The summed E-state index contributed by atoms with van der Waals surface area (Å²) in [5, 5.41) is 7.75. The van der Waals surface area contributed by atoms with E-state index in [0.717, 1.165) is 25.1 Å². The molecule has 2 aromatic rings. The molecule has 3 rings (SSSR count). The van der Waals surface area contributed by atoms with Gasteiger partial charge in [-0.3, -0.25) is 4.98 Å². The lowest BCUT2D eigenvalue weighted by Gasteiger charge is -2.23. The molecule has 0 radical (unpaired) electrons. The Morgan fingerprint density at radius 1 is 1.53 bits per heavy atom. The number of fused-ring (bicyclic) bond motifs is 1. The largest absolute Gasteiger partial charge is 0.309 e. The molecule has 2 unspecified atom stereocenters. The second-order valence-electron chi connectivity index (χ2n) is 4.95. The van der Waals surface area contributed by atoms with E-state index in [1.807, 2.05) is 19.2 Å². The van der Waals surface area contributed by atoms with Gasteiger partial charge >= 0.3 is 0 Å². The molecular weight excluding hydrogens is 256 g/mol. The molecule has 2 aromatic heterocycles. The van der Waals surface area contributed by atoms with Gasteiger partial charge in [-0.15, -0.1) is 5.10 Å². The molecule has 2 atom stereocenters. The third-order valence-corrected chi connectivity index (χ3v) is 4.71. The molecule has 1 N–H and O–H groups in total. The van der Waals surface area contributed by atoms with Gasteiger partial charge in [-0.05, 0) is 49.5 Å². The Morgan fingerprint density at radius 2 is 2.42 bits per heavy atom. The molecule has 2 heterocycles. The van der Waals surface area contributed by atoms with Crippen molar-refractivity contribution in [3.05, 3.63) is 40.2 Å². The average molecular weight is 274 g/mol. The van der Waals surface area contributed by atoms with Crippen molar-refractivity contribution in [3.8, 4) is 0 Å². The van der Waals surface area contributed by atoms with Crippen molar-refractivity contribution in [2.45, 2.75) is 38.6 Å². The van der Waals surface area contributed by atoms with Crippen molar-refractivity contribution in [1.82, 2.24) is 19.9 Å². The van der Waals surface area contributed by atoms with E-state index in [-0.39, 0.29) is 0 Å². The van der Waals surface area contributed by atoms with Gasteiger partial charge in [0.2, 0.25) is 0 Å². The van der Waals surface area contributed by atoms with Crippen LogP contribution in [0.2, 0.25) is 0 Å². The van der Waals surface area contributed by atoms with Crippen LogP contribution in [0.25, 0.3) is 0 Å². The lowest BCUT2D eigenvalue weighted by Crippen LogP contribution is -2.26. The first-order valence-electron chi connectivity index (χ1n) is 6.77. The van der Waals surface area contributed by atoms with E-state index in [0.29, 0.717) is 12.0 Å². The van der Waals surface area contributed by atoms with Crippen molar-refractivity contribution in [2.24, 2.45) is 0 Å². The maximum atomic E-state index is 4.61. The molecule has 0 aliphatic heterocycles. The number of hydrogen-bond donors (Lipinski definition) is 1. The number of pyridine rings is 1. The standard InChI is InChI=1S/C14H18N4S/c1-3-15-13(14-9(2)17-18-19-14)11-7-6-10-5-4-8-16-12(10)11/h4-5,8,11,13,15H,3,6-7H2,1-2H3. The Labute approximate surface area is 117 Å². The fraction of sp³-hybridized carbons (Fsp3) is 0.500. The first-order chi connectivity index (χ1) is 9.31. The fourth-order valence-corrected chi connectivity index (χ4v) is 3.71. The van der Waals surface area contributed by atoms with Crippen molar-refractivity contribution < 1.29 is 0 Å². The Bertz CT molecular complexity index is 566. The number of nitrogens with one attached hydrogen (secondary N) is 1. The molecular formula is C14H18N4S. The van der Waals surface area contributed by atoms with Crippen LogP contribution in [-0.2, 0) is 6.42 Å². The highest BCUT2D eigenvalue weighted by Crippen LogP contribution is 2.41. The van der Waals surface area contributed by atoms with Gasteiger partial charge < -0.3 is 5.32 Å². The minimum absolute atomic E-state index is 0.293. The van der Waals surface area contributed by atoms with Gasteiger partial charge in [0.1, 0.15) is 0 Å². The summed E-state index contributed by atoms with van der Waals surface area (Å²) in [6.07, 6.45) is 4.18. The lowest BCUT2D eigenvalue weighted by atomic mass is 9.94. The van der Waals surface area contributed by atoms with E-state index in [1.165, 1.54) is 27.7 Å². The molecule has 0 saturated heterocycles. The summed E-state index contributed by atoms with van der Waals surface area (Å²) in [4.78, 5) is 5.86. The van der Waals surface area contributed by atoms with Gasteiger partial charge in [0, 0.05) is 17.8 Å². The predicted octanol–water partition coefficient (Wildman–Crippen LogP) is 2.62. The molecule has 4 nitrogen and oxygen atoms in total. The minimum Gasteiger partial charge on any atom is -0.309 e. The Morgan fingerprint density at radius 3 is 3.16 bits per heavy atom. The number of hydrogen-bond acceptors (Lipinski definition) is 5. The summed E-state index contributed by atoms with van der Waals surface area (Å²) in [5.74, 6) is 0.442. The molecule has 19 heavy (non-hydrogen) atoms. The molecule has 0 saturated carbocycles. The molecule has 0 amide bonds. The Balaban J connectivity index is 1.96.